The summed E-state index contributed by atoms with van der Waals surface area (Å²) in [7, 11) is 0. The molecule has 0 spiro atoms. The van der Waals surface area contributed by atoms with Crippen LogP contribution in [0, 0.1) is 11.9 Å². The zero-order valence-electron chi connectivity index (χ0n) is 15.9. The van der Waals surface area contributed by atoms with Crippen LogP contribution in [-0.4, -0.2) is 31.7 Å². The van der Waals surface area contributed by atoms with Gasteiger partial charge >= 0.3 is 0 Å². The summed E-state index contributed by atoms with van der Waals surface area (Å²) >= 11 is 0. The summed E-state index contributed by atoms with van der Waals surface area (Å²) in [5, 5.41) is 24.1. The van der Waals surface area contributed by atoms with E-state index >= 15 is 0 Å². The molecule has 0 radical (unpaired) electrons. The van der Waals surface area contributed by atoms with E-state index in [-0.39, 0.29) is 29.4 Å². The summed E-state index contributed by atoms with van der Waals surface area (Å²) in [5.41, 5.74) is 3.49. The van der Waals surface area contributed by atoms with Gasteiger partial charge in [0.25, 0.3) is 0 Å². The number of nitrogens with zero attached hydrogens (tertiary/aromatic N) is 2. The summed E-state index contributed by atoms with van der Waals surface area (Å²) in [4.78, 5) is 16.2. The number of carbonyl (C=O) groups is 1. The SMILES string of the molecule is O=C(NC1CCc2c(c3cc(O)c(O)cc3n2Cc2cccc(F)n2)C1)C1CC1. The number of amides is 1. The number of nitrogens with one attached hydrogen (secondary N) is 1. The second-order valence-corrected chi connectivity index (χ2v) is 8.04. The highest BCUT2D eigenvalue weighted by Gasteiger charge is 2.33. The van der Waals surface area contributed by atoms with E-state index in [0.29, 0.717) is 18.7 Å². The molecule has 1 amide bonds. The Hall–Kier alpha value is -3.09. The summed E-state index contributed by atoms with van der Waals surface area (Å²) in [6, 6.07) is 7.87. The fourth-order valence-electron chi connectivity index (χ4n) is 4.34. The van der Waals surface area contributed by atoms with Crippen molar-refractivity contribution < 1.29 is 19.4 Å². The predicted octanol–water partition coefficient (Wildman–Crippen LogP) is 3.02. The van der Waals surface area contributed by atoms with E-state index in [1.165, 1.54) is 6.07 Å². The molecule has 1 aromatic carbocycles. The van der Waals surface area contributed by atoms with Gasteiger partial charge in [-0.3, -0.25) is 4.79 Å². The fraction of sp³-hybridized carbons (Fsp3) is 0.364. The Morgan fingerprint density at radius 3 is 2.76 bits per heavy atom. The fourth-order valence-corrected chi connectivity index (χ4v) is 4.34. The first-order chi connectivity index (χ1) is 14.0. The van der Waals surface area contributed by atoms with Gasteiger partial charge in [0.05, 0.1) is 17.8 Å². The number of aromatic nitrogens is 2. The average molecular weight is 395 g/mol. The van der Waals surface area contributed by atoms with Crippen LogP contribution >= 0.6 is 0 Å². The molecule has 2 heterocycles. The largest absolute Gasteiger partial charge is 0.504 e. The van der Waals surface area contributed by atoms with Crippen LogP contribution in [0.2, 0.25) is 0 Å². The van der Waals surface area contributed by atoms with Crippen molar-refractivity contribution in [3.8, 4) is 11.5 Å². The standard InChI is InChI=1S/C22H22FN3O3/c23-21-3-1-2-14(24-21)11-26-17-7-6-13(25-22(29)12-4-5-12)8-15(17)16-9-19(27)20(28)10-18(16)26/h1-3,9-10,12-13,27-28H,4-8,11H2,(H,25,29). The van der Waals surface area contributed by atoms with E-state index in [2.05, 4.69) is 10.3 Å². The van der Waals surface area contributed by atoms with Crippen molar-refractivity contribution in [2.75, 3.05) is 0 Å². The van der Waals surface area contributed by atoms with Gasteiger partial charge in [0, 0.05) is 29.1 Å². The summed E-state index contributed by atoms with van der Waals surface area (Å²) < 4.78 is 15.6. The summed E-state index contributed by atoms with van der Waals surface area (Å²) in [5.74, 6) is -0.606. The predicted molar refractivity (Wildman–Crippen MR) is 105 cm³/mol. The van der Waals surface area contributed by atoms with Gasteiger partial charge in [-0.2, -0.15) is 4.39 Å². The Morgan fingerprint density at radius 2 is 2.00 bits per heavy atom. The molecule has 2 aliphatic rings. The number of pyridine rings is 1. The van der Waals surface area contributed by atoms with Crippen LogP contribution < -0.4 is 5.32 Å². The van der Waals surface area contributed by atoms with Crippen LogP contribution in [-0.2, 0) is 24.2 Å². The first-order valence-corrected chi connectivity index (χ1v) is 9.97. The van der Waals surface area contributed by atoms with E-state index in [1.807, 2.05) is 4.57 Å². The Kier molecular flexibility index (Phi) is 4.19. The maximum absolute atomic E-state index is 13.6. The Bertz CT molecular complexity index is 1120. The maximum Gasteiger partial charge on any atom is 0.223 e. The van der Waals surface area contributed by atoms with E-state index in [4.69, 9.17) is 0 Å². The smallest absolute Gasteiger partial charge is 0.223 e. The van der Waals surface area contributed by atoms with Gasteiger partial charge in [0.1, 0.15) is 0 Å². The van der Waals surface area contributed by atoms with Crippen LogP contribution in [0.5, 0.6) is 11.5 Å². The Morgan fingerprint density at radius 1 is 1.21 bits per heavy atom. The van der Waals surface area contributed by atoms with E-state index in [1.54, 1.807) is 24.3 Å². The highest BCUT2D eigenvalue weighted by molar-refractivity contribution is 5.89. The zero-order valence-corrected chi connectivity index (χ0v) is 15.9. The number of phenols is 2. The van der Waals surface area contributed by atoms with Gasteiger partial charge in [-0.25, -0.2) is 4.98 Å². The van der Waals surface area contributed by atoms with Gasteiger partial charge < -0.3 is 20.1 Å². The van der Waals surface area contributed by atoms with Gasteiger partial charge in [0.15, 0.2) is 11.5 Å². The number of hydrogen-bond donors (Lipinski definition) is 3. The lowest BCUT2D eigenvalue weighted by atomic mass is 9.91. The first-order valence-electron chi connectivity index (χ1n) is 9.97. The third-order valence-electron chi connectivity index (χ3n) is 5.95. The lowest BCUT2D eigenvalue weighted by molar-refractivity contribution is -0.123. The number of fused-ring (bicyclic) bond motifs is 3. The number of benzene rings is 1. The minimum Gasteiger partial charge on any atom is -0.504 e. The molecule has 1 atom stereocenters. The van der Waals surface area contributed by atoms with E-state index < -0.39 is 5.95 Å². The molecule has 7 heteroatoms. The van der Waals surface area contributed by atoms with Gasteiger partial charge in [-0.15, -0.1) is 0 Å². The zero-order chi connectivity index (χ0) is 20.1. The second-order valence-electron chi connectivity index (χ2n) is 8.04. The van der Waals surface area contributed by atoms with Gasteiger partial charge in [0.2, 0.25) is 11.9 Å². The molecular formula is C22H22FN3O3. The van der Waals surface area contributed by atoms with Gasteiger partial charge in [-0.05, 0) is 55.9 Å². The molecule has 3 aromatic rings. The van der Waals surface area contributed by atoms with Crippen molar-refractivity contribution in [1.82, 2.24) is 14.9 Å². The van der Waals surface area contributed by atoms with E-state index in [9.17, 15) is 19.4 Å². The van der Waals surface area contributed by atoms with Crippen molar-refractivity contribution in [2.45, 2.75) is 44.7 Å². The molecule has 1 fully saturated rings. The molecule has 2 aliphatic carbocycles. The maximum atomic E-state index is 13.6. The van der Waals surface area contributed by atoms with Crippen LogP contribution in [0.3, 0.4) is 0 Å². The van der Waals surface area contributed by atoms with Gasteiger partial charge in [-0.1, -0.05) is 6.07 Å². The van der Waals surface area contributed by atoms with Crippen LogP contribution in [0.1, 0.15) is 36.2 Å². The lowest BCUT2D eigenvalue weighted by Gasteiger charge is -2.25. The highest BCUT2D eigenvalue weighted by Crippen LogP contribution is 2.39. The van der Waals surface area contributed by atoms with Crippen molar-refractivity contribution in [2.24, 2.45) is 5.92 Å². The molecule has 5 rings (SSSR count). The molecule has 1 unspecified atom stereocenters. The number of carbonyl (C=O) groups excluding carboxylic acids is 1. The molecule has 0 bridgehead atoms. The Labute approximate surface area is 167 Å². The van der Waals surface area contributed by atoms with Crippen molar-refractivity contribution >= 4 is 16.8 Å². The molecule has 6 nitrogen and oxygen atoms in total. The number of hydrogen-bond acceptors (Lipinski definition) is 4. The van der Waals surface area contributed by atoms with Crippen LogP contribution in [0.15, 0.2) is 30.3 Å². The number of rotatable bonds is 4. The molecule has 0 saturated heterocycles. The first kappa shape index (κ1) is 18.0. The van der Waals surface area contributed by atoms with Crippen molar-refractivity contribution in [3.63, 3.8) is 0 Å². The molecule has 0 aliphatic heterocycles. The number of halogens is 1. The lowest BCUT2D eigenvalue weighted by Crippen LogP contribution is -2.39. The summed E-state index contributed by atoms with van der Waals surface area (Å²) in [6.07, 6.45) is 4.17. The summed E-state index contributed by atoms with van der Waals surface area (Å²) in [6.45, 7) is 0.368. The molecule has 2 aromatic heterocycles. The molecular weight excluding hydrogens is 373 g/mol. The minimum atomic E-state index is -0.531. The minimum absolute atomic E-state index is 0.0536. The van der Waals surface area contributed by atoms with Crippen LogP contribution in [0.4, 0.5) is 4.39 Å². The quantitative estimate of drug-likeness (QED) is 0.468. The van der Waals surface area contributed by atoms with Crippen molar-refractivity contribution in [3.05, 3.63) is 53.2 Å². The molecule has 29 heavy (non-hydrogen) atoms. The molecule has 1 saturated carbocycles. The number of aromatic hydroxyl groups is 2. The topological polar surface area (TPSA) is 87.4 Å². The second kappa shape index (κ2) is 6.76. The highest BCUT2D eigenvalue weighted by atomic mass is 19.1. The van der Waals surface area contributed by atoms with E-state index in [0.717, 1.165) is 47.8 Å². The third kappa shape index (κ3) is 3.30. The van der Waals surface area contributed by atoms with Crippen molar-refractivity contribution in [1.29, 1.82) is 0 Å². The molecule has 3 N–H and O–H groups in total. The normalized spacial score (nSPS) is 18.6. The van der Waals surface area contributed by atoms with Crippen LogP contribution in [0.25, 0.3) is 10.9 Å². The average Bonchev–Trinajstić information content (AvgIpc) is 3.50. The molecule has 150 valence electrons. The monoisotopic (exact) mass is 395 g/mol. The number of phenolic OH excluding ortho intramolecular Hbond substituents is 2. The Balaban J connectivity index is 1.55. The third-order valence-corrected chi connectivity index (χ3v) is 5.95.